The van der Waals surface area contributed by atoms with Crippen molar-refractivity contribution in [3.05, 3.63) is 71.0 Å². The number of benzene rings is 2. The summed E-state index contributed by atoms with van der Waals surface area (Å²) in [6.45, 7) is 0.293. The van der Waals surface area contributed by atoms with E-state index in [0.29, 0.717) is 23.2 Å². The quantitative estimate of drug-likeness (QED) is 0.844. The van der Waals surface area contributed by atoms with Crippen molar-refractivity contribution < 1.29 is 17.6 Å². The van der Waals surface area contributed by atoms with Gasteiger partial charge in [-0.2, -0.15) is 0 Å². The maximum absolute atomic E-state index is 13.2. The lowest BCUT2D eigenvalue weighted by Crippen LogP contribution is -2.26. The van der Waals surface area contributed by atoms with Crippen molar-refractivity contribution in [3.63, 3.8) is 0 Å². The highest BCUT2D eigenvalue weighted by molar-refractivity contribution is 7.89. The van der Waals surface area contributed by atoms with Gasteiger partial charge in [-0.25, -0.2) is 12.8 Å². The zero-order valence-corrected chi connectivity index (χ0v) is 13.8. The Balaban J connectivity index is 2.07. The molecule has 0 aliphatic rings. The molecule has 0 aliphatic heterocycles. The van der Waals surface area contributed by atoms with Crippen LogP contribution < -0.4 is 0 Å². The van der Waals surface area contributed by atoms with Crippen molar-refractivity contribution >= 4 is 15.7 Å². The molecule has 0 saturated heterocycles. The summed E-state index contributed by atoms with van der Waals surface area (Å²) >= 11 is 0. The number of sulfone groups is 1. The second-order valence-electron chi connectivity index (χ2n) is 5.56. The zero-order chi connectivity index (χ0) is 17.0. The zero-order valence-electron chi connectivity index (χ0n) is 13.0. The van der Waals surface area contributed by atoms with Gasteiger partial charge in [0, 0.05) is 25.4 Å². The SMILES string of the molecule is CN(Cc1cccc(F)c1)C(=O)c1ccc(CS(C)(=O)=O)cc1. The summed E-state index contributed by atoms with van der Waals surface area (Å²) in [7, 11) is -1.47. The van der Waals surface area contributed by atoms with E-state index in [1.165, 1.54) is 23.3 Å². The Labute approximate surface area is 135 Å². The van der Waals surface area contributed by atoms with E-state index < -0.39 is 9.84 Å². The fourth-order valence-electron chi connectivity index (χ4n) is 2.25. The average Bonchev–Trinajstić information content (AvgIpc) is 2.45. The van der Waals surface area contributed by atoms with Gasteiger partial charge in [0.1, 0.15) is 5.82 Å². The number of rotatable bonds is 5. The first-order valence-electron chi connectivity index (χ1n) is 7.01. The lowest BCUT2D eigenvalue weighted by Gasteiger charge is -2.17. The lowest BCUT2D eigenvalue weighted by molar-refractivity contribution is 0.0785. The first-order chi connectivity index (χ1) is 10.7. The first-order valence-corrected chi connectivity index (χ1v) is 9.07. The highest BCUT2D eigenvalue weighted by Gasteiger charge is 2.13. The summed E-state index contributed by atoms with van der Waals surface area (Å²) in [5.74, 6) is -0.603. The topological polar surface area (TPSA) is 54.5 Å². The van der Waals surface area contributed by atoms with Crippen molar-refractivity contribution in [3.8, 4) is 0 Å². The second-order valence-corrected chi connectivity index (χ2v) is 7.70. The van der Waals surface area contributed by atoms with Crippen LogP contribution in [0.5, 0.6) is 0 Å². The largest absolute Gasteiger partial charge is 0.337 e. The Morgan fingerprint density at radius 1 is 1.09 bits per heavy atom. The predicted octanol–water partition coefficient (Wildman–Crippen LogP) is 2.64. The van der Waals surface area contributed by atoms with Crippen LogP contribution in [0.3, 0.4) is 0 Å². The van der Waals surface area contributed by atoms with Gasteiger partial charge in [-0.1, -0.05) is 24.3 Å². The predicted molar refractivity (Wildman–Crippen MR) is 87.2 cm³/mol. The average molecular weight is 335 g/mol. The molecule has 1 amide bonds. The van der Waals surface area contributed by atoms with Crippen molar-refractivity contribution in [2.24, 2.45) is 0 Å². The minimum atomic E-state index is -3.10. The van der Waals surface area contributed by atoms with Crippen LogP contribution >= 0.6 is 0 Å². The van der Waals surface area contributed by atoms with E-state index in [0.717, 1.165) is 0 Å². The Bertz CT molecular complexity index is 801. The summed E-state index contributed by atoms with van der Waals surface area (Å²) in [5, 5.41) is 0. The third-order valence-corrected chi connectivity index (χ3v) is 4.14. The molecule has 0 aromatic heterocycles. The van der Waals surface area contributed by atoms with Crippen LogP contribution in [0, 0.1) is 5.82 Å². The van der Waals surface area contributed by atoms with Crippen LogP contribution in [-0.2, 0) is 22.1 Å². The smallest absolute Gasteiger partial charge is 0.253 e. The maximum Gasteiger partial charge on any atom is 0.253 e. The van der Waals surface area contributed by atoms with E-state index in [1.54, 1.807) is 43.4 Å². The summed E-state index contributed by atoms with van der Waals surface area (Å²) in [5.41, 5.74) is 1.80. The molecule has 0 saturated carbocycles. The molecule has 0 bridgehead atoms. The van der Waals surface area contributed by atoms with Crippen LogP contribution in [0.4, 0.5) is 4.39 Å². The molecule has 0 heterocycles. The van der Waals surface area contributed by atoms with E-state index in [4.69, 9.17) is 0 Å². The molecule has 2 aromatic rings. The van der Waals surface area contributed by atoms with E-state index in [2.05, 4.69) is 0 Å². The molecule has 6 heteroatoms. The Morgan fingerprint density at radius 2 is 1.74 bits per heavy atom. The van der Waals surface area contributed by atoms with Crippen LogP contribution in [0.25, 0.3) is 0 Å². The molecule has 0 unspecified atom stereocenters. The van der Waals surface area contributed by atoms with Gasteiger partial charge in [0.15, 0.2) is 9.84 Å². The minimum absolute atomic E-state index is 0.0550. The molecule has 122 valence electrons. The molecule has 4 nitrogen and oxygen atoms in total. The highest BCUT2D eigenvalue weighted by Crippen LogP contribution is 2.12. The number of nitrogens with zero attached hydrogens (tertiary/aromatic N) is 1. The van der Waals surface area contributed by atoms with Crippen LogP contribution in [0.2, 0.25) is 0 Å². The molecule has 23 heavy (non-hydrogen) atoms. The Hall–Kier alpha value is -2.21. The van der Waals surface area contributed by atoms with Gasteiger partial charge in [0.2, 0.25) is 0 Å². The van der Waals surface area contributed by atoms with Gasteiger partial charge in [-0.15, -0.1) is 0 Å². The second kappa shape index (κ2) is 6.91. The van der Waals surface area contributed by atoms with E-state index in [9.17, 15) is 17.6 Å². The van der Waals surface area contributed by atoms with E-state index in [-0.39, 0.29) is 17.5 Å². The molecule has 0 aliphatic carbocycles. The molecular weight excluding hydrogens is 317 g/mol. The molecule has 0 spiro atoms. The molecule has 0 fully saturated rings. The van der Waals surface area contributed by atoms with Gasteiger partial charge in [-0.3, -0.25) is 4.79 Å². The summed E-state index contributed by atoms with van der Waals surface area (Å²) in [6, 6.07) is 12.6. The number of carbonyl (C=O) groups is 1. The van der Waals surface area contributed by atoms with Crippen molar-refractivity contribution in [1.82, 2.24) is 4.90 Å². The highest BCUT2D eigenvalue weighted by atomic mass is 32.2. The third kappa shape index (κ3) is 5.17. The molecule has 2 rings (SSSR count). The Morgan fingerprint density at radius 3 is 2.30 bits per heavy atom. The fraction of sp³-hybridized carbons (Fsp3) is 0.235. The van der Waals surface area contributed by atoms with Crippen LogP contribution in [-0.4, -0.2) is 32.5 Å². The van der Waals surface area contributed by atoms with E-state index >= 15 is 0 Å². The third-order valence-electron chi connectivity index (χ3n) is 3.29. The summed E-state index contributed by atoms with van der Waals surface area (Å²) in [4.78, 5) is 13.8. The van der Waals surface area contributed by atoms with Crippen LogP contribution in [0.1, 0.15) is 21.5 Å². The number of carbonyl (C=O) groups excluding carboxylic acids is 1. The summed E-state index contributed by atoms with van der Waals surface area (Å²) < 4.78 is 35.7. The molecule has 0 radical (unpaired) electrons. The standard InChI is InChI=1S/C17H18FNO3S/c1-19(11-14-4-3-5-16(18)10-14)17(20)15-8-6-13(7-9-15)12-23(2,21)22/h3-10H,11-12H2,1-2H3. The minimum Gasteiger partial charge on any atom is -0.337 e. The number of halogens is 1. The normalized spacial score (nSPS) is 11.3. The van der Waals surface area contributed by atoms with E-state index in [1.807, 2.05) is 0 Å². The van der Waals surface area contributed by atoms with Crippen molar-refractivity contribution in [2.75, 3.05) is 13.3 Å². The van der Waals surface area contributed by atoms with Gasteiger partial charge < -0.3 is 4.90 Å². The van der Waals surface area contributed by atoms with Gasteiger partial charge in [0.05, 0.1) is 5.75 Å². The van der Waals surface area contributed by atoms with Crippen LogP contribution in [0.15, 0.2) is 48.5 Å². The molecule has 0 atom stereocenters. The monoisotopic (exact) mass is 335 g/mol. The number of amides is 1. The summed E-state index contributed by atoms with van der Waals surface area (Å²) in [6.07, 6.45) is 1.17. The lowest BCUT2D eigenvalue weighted by atomic mass is 10.1. The number of hydrogen-bond donors (Lipinski definition) is 0. The van der Waals surface area contributed by atoms with Gasteiger partial charge in [0.25, 0.3) is 5.91 Å². The van der Waals surface area contributed by atoms with Gasteiger partial charge >= 0.3 is 0 Å². The maximum atomic E-state index is 13.2. The molecule has 2 aromatic carbocycles. The van der Waals surface area contributed by atoms with Gasteiger partial charge in [-0.05, 0) is 35.4 Å². The fourth-order valence-corrected chi connectivity index (χ4v) is 3.05. The van der Waals surface area contributed by atoms with Crippen molar-refractivity contribution in [2.45, 2.75) is 12.3 Å². The first kappa shape index (κ1) is 17.1. The Kier molecular flexibility index (Phi) is 5.15. The number of hydrogen-bond acceptors (Lipinski definition) is 3. The molecular formula is C17H18FNO3S. The van der Waals surface area contributed by atoms with Crippen molar-refractivity contribution in [1.29, 1.82) is 0 Å². The molecule has 0 N–H and O–H groups in total.